The Hall–Kier alpha value is -2.61. The van der Waals surface area contributed by atoms with Crippen molar-refractivity contribution in [3.8, 4) is 17.2 Å². The molecule has 3 aromatic rings. The molecular formula is C18H15O5P2+. The van der Waals surface area contributed by atoms with E-state index in [0.717, 1.165) is 0 Å². The molecule has 7 heteroatoms. The Balaban J connectivity index is 1.87. The molecule has 0 heterocycles. The van der Waals surface area contributed by atoms with Crippen molar-refractivity contribution in [3.05, 3.63) is 91.0 Å². The zero-order valence-corrected chi connectivity index (χ0v) is 14.9. The van der Waals surface area contributed by atoms with Crippen molar-refractivity contribution < 1.29 is 22.7 Å². The summed E-state index contributed by atoms with van der Waals surface area (Å²) in [6, 6.07) is 25.3. The lowest BCUT2D eigenvalue weighted by atomic mass is 10.3. The van der Waals surface area contributed by atoms with Crippen molar-refractivity contribution >= 4 is 15.0 Å². The minimum absolute atomic E-state index is 0.279. The van der Waals surface area contributed by atoms with Crippen LogP contribution in [-0.2, 0) is 9.13 Å². The summed E-state index contributed by atoms with van der Waals surface area (Å²) < 4.78 is 42.1. The molecule has 0 saturated heterocycles. The molecule has 25 heavy (non-hydrogen) atoms. The molecule has 1 atom stereocenters. The van der Waals surface area contributed by atoms with Crippen molar-refractivity contribution in [2.45, 2.75) is 0 Å². The maximum Gasteiger partial charge on any atom is 0.724 e. The van der Waals surface area contributed by atoms with Gasteiger partial charge in [0, 0.05) is 0 Å². The maximum atomic E-state index is 13.2. The van der Waals surface area contributed by atoms with Crippen LogP contribution in [0, 0.1) is 0 Å². The van der Waals surface area contributed by atoms with Gasteiger partial charge in [0.05, 0.1) is 0 Å². The molecule has 0 spiro atoms. The van der Waals surface area contributed by atoms with Gasteiger partial charge in [-0.15, -0.1) is 0 Å². The molecule has 3 rings (SSSR count). The van der Waals surface area contributed by atoms with E-state index in [2.05, 4.69) is 0 Å². The van der Waals surface area contributed by atoms with Crippen LogP contribution in [0.2, 0.25) is 0 Å². The zero-order chi connectivity index (χ0) is 17.5. The number of para-hydroxylation sites is 3. The van der Waals surface area contributed by atoms with Crippen LogP contribution < -0.4 is 13.6 Å². The van der Waals surface area contributed by atoms with Crippen LogP contribution in [-0.4, -0.2) is 0 Å². The first kappa shape index (κ1) is 17.2. The molecule has 0 radical (unpaired) electrons. The third-order valence-corrected chi connectivity index (χ3v) is 6.64. The summed E-state index contributed by atoms with van der Waals surface area (Å²) >= 11 is 0. The second-order valence-electron chi connectivity index (χ2n) is 4.92. The highest BCUT2D eigenvalue weighted by Gasteiger charge is 2.57. The first-order valence-corrected chi connectivity index (χ1v) is 10.9. The van der Waals surface area contributed by atoms with Gasteiger partial charge in [-0.3, -0.25) is 0 Å². The minimum atomic E-state index is -4.13. The van der Waals surface area contributed by atoms with Gasteiger partial charge in [0.2, 0.25) is 0 Å². The molecular weight excluding hydrogens is 358 g/mol. The predicted octanol–water partition coefficient (Wildman–Crippen LogP) is 6.07. The van der Waals surface area contributed by atoms with Crippen molar-refractivity contribution in [2.24, 2.45) is 0 Å². The van der Waals surface area contributed by atoms with E-state index in [1.165, 1.54) is 0 Å². The fourth-order valence-electron chi connectivity index (χ4n) is 1.94. The molecule has 126 valence electrons. The first-order chi connectivity index (χ1) is 12.2. The highest BCUT2D eigenvalue weighted by atomic mass is 32.1. The van der Waals surface area contributed by atoms with Gasteiger partial charge in [-0.25, -0.2) is 4.52 Å². The van der Waals surface area contributed by atoms with Gasteiger partial charge < -0.3 is 9.05 Å². The fraction of sp³-hybridized carbons (Fsp3) is 0. The number of benzene rings is 3. The van der Waals surface area contributed by atoms with E-state index in [4.69, 9.17) is 13.6 Å². The fourth-order valence-corrected chi connectivity index (χ4v) is 4.83. The summed E-state index contributed by atoms with van der Waals surface area (Å²) in [7, 11) is -6.92. The van der Waals surface area contributed by atoms with Gasteiger partial charge in [0.25, 0.3) is 0 Å². The molecule has 1 unspecified atom stereocenters. The topological polar surface area (TPSA) is 61.8 Å². The number of hydrogen-bond donors (Lipinski definition) is 0. The Morgan fingerprint density at radius 2 is 0.960 bits per heavy atom. The molecule has 5 nitrogen and oxygen atoms in total. The van der Waals surface area contributed by atoms with E-state index in [9.17, 15) is 9.13 Å². The molecule has 0 fully saturated rings. The summed E-state index contributed by atoms with van der Waals surface area (Å²) in [5.74, 6) is 0.876. The van der Waals surface area contributed by atoms with Crippen LogP contribution in [0.3, 0.4) is 0 Å². The largest absolute Gasteiger partial charge is 0.724 e. The Morgan fingerprint density at radius 1 is 0.600 bits per heavy atom. The molecule has 0 bridgehead atoms. The summed E-state index contributed by atoms with van der Waals surface area (Å²) in [6.07, 6.45) is 0. The van der Waals surface area contributed by atoms with E-state index in [-0.39, 0.29) is 11.5 Å². The van der Waals surface area contributed by atoms with Crippen LogP contribution in [0.25, 0.3) is 0 Å². The van der Waals surface area contributed by atoms with Gasteiger partial charge >= 0.3 is 15.0 Å². The predicted molar refractivity (Wildman–Crippen MR) is 96.4 cm³/mol. The Kier molecular flexibility index (Phi) is 5.49. The summed E-state index contributed by atoms with van der Waals surface area (Å²) in [6.45, 7) is 0. The van der Waals surface area contributed by atoms with Crippen LogP contribution in [0.4, 0.5) is 0 Å². The molecule has 0 aliphatic heterocycles. The monoisotopic (exact) mass is 373 g/mol. The summed E-state index contributed by atoms with van der Waals surface area (Å²) in [5, 5.41) is 0. The first-order valence-electron chi connectivity index (χ1n) is 7.46. The molecule has 0 saturated carbocycles. The lowest BCUT2D eigenvalue weighted by molar-refractivity contribution is 0.395. The second-order valence-corrected chi connectivity index (χ2v) is 9.33. The van der Waals surface area contributed by atoms with Crippen molar-refractivity contribution in [3.63, 3.8) is 0 Å². The molecule has 3 aromatic carbocycles. The van der Waals surface area contributed by atoms with Gasteiger partial charge in [-0.2, -0.15) is 4.57 Å². The standard InChI is InChI=1S/C18H15O5P2/c19-24(21-16-10-4-1-5-11-16)25(20,22-17-12-6-2-7-13-17)23-18-14-8-3-9-15-18/h1-15H/q+1. The quantitative estimate of drug-likeness (QED) is 0.470. The number of hydrogen-bond acceptors (Lipinski definition) is 5. The molecule has 0 aliphatic carbocycles. The Bertz CT molecular complexity index is 824. The average Bonchev–Trinajstić information content (AvgIpc) is 2.64. The average molecular weight is 373 g/mol. The molecule has 0 N–H and O–H groups in total. The Morgan fingerprint density at radius 3 is 1.36 bits per heavy atom. The highest BCUT2D eigenvalue weighted by Crippen LogP contribution is 2.68. The van der Waals surface area contributed by atoms with E-state index in [1.54, 1.807) is 91.0 Å². The highest BCUT2D eigenvalue weighted by molar-refractivity contribution is 8.21. The smallest absolute Gasteiger partial charge is 0.378 e. The third kappa shape index (κ3) is 4.69. The van der Waals surface area contributed by atoms with Crippen LogP contribution in [0.1, 0.15) is 0 Å². The minimum Gasteiger partial charge on any atom is -0.378 e. The van der Waals surface area contributed by atoms with Crippen LogP contribution >= 0.6 is 15.0 Å². The van der Waals surface area contributed by atoms with Crippen molar-refractivity contribution in [1.29, 1.82) is 0 Å². The normalized spacial score (nSPS) is 11.4. The van der Waals surface area contributed by atoms with Gasteiger partial charge in [-0.1, -0.05) is 54.6 Å². The van der Waals surface area contributed by atoms with Crippen molar-refractivity contribution in [1.82, 2.24) is 0 Å². The second kappa shape index (κ2) is 7.98. The zero-order valence-electron chi connectivity index (χ0n) is 13.1. The van der Waals surface area contributed by atoms with E-state index >= 15 is 0 Å². The molecule has 0 amide bonds. The van der Waals surface area contributed by atoms with Gasteiger partial charge in [0.15, 0.2) is 5.75 Å². The SMILES string of the molecule is O=[P+](Oc1ccccc1)P(=O)(Oc1ccccc1)Oc1ccccc1. The summed E-state index contributed by atoms with van der Waals surface area (Å²) in [5.41, 5.74) is 0. The summed E-state index contributed by atoms with van der Waals surface area (Å²) in [4.78, 5) is 0. The van der Waals surface area contributed by atoms with Crippen LogP contribution in [0.5, 0.6) is 17.2 Å². The Labute approximate surface area is 146 Å². The van der Waals surface area contributed by atoms with E-state index in [0.29, 0.717) is 5.75 Å². The van der Waals surface area contributed by atoms with E-state index < -0.39 is 15.0 Å². The lowest BCUT2D eigenvalue weighted by Gasteiger charge is -2.10. The van der Waals surface area contributed by atoms with Crippen LogP contribution in [0.15, 0.2) is 91.0 Å². The number of rotatable bonds is 7. The van der Waals surface area contributed by atoms with Gasteiger partial charge in [-0.05, 0) is 41.0 Å². The van der Waals surface area contributed by atoms with E-state index in [1.807, 2.05) is 0 Å². The van der Waals surface area contributed by atoms with Gasteiger partial charge in [0.1, 0.15) is 11.5 Å². The molecule has 0 aromatic heterocycles. The third-order valence-electron chi connectivity index (χ3n) is 3.05. The van der Waals surface area contributed by atoms with Crippen molar-refractivity contribution in [2.75, 3.05) is 0 Å². The molecule has 0 aliphatic rings. The lowest BCUT2D eigenvalue weighted by Crippen LogP contribution is -2.00. The maximum absolute atomic E-state index is 13.2.